The number of carbonyl (C=O) groups excluding carboxylic acids is 1. The predicted octanol–water partition coefficient (Wildman–Crippen LogP) is 4.54. The summed E-state index contributed by atoms with van der Waals surface area (Å²) in [6.07, 6.45) is 5.11. The van der Waals surface area contributed by atoms with Crippen LogP contribution >= 0.6 is 0 Å². The van der Waals surface area contributed by atoms with Crippen LogP contribution in [0.2, 0.25) is 0 Å². The molecule has 2 rings (SSSR count). The summed E-state index contributed by atoms with van der Waals surface area (Å²) < 4.78 is 0. The summed E-state index contributed by atoms with van der Waals surface area (Å²) >= 11 is 0. The minimum atomic E-state index is -0.536. The van der Waals surface area contributed by atoms with E-state index in [9.17, 15) is 9.90 Å². The Hall–Kier alpha value is -0.890. The Bertz CT molecular complexity index is 484. The highest BCUT2D eigenvalue weighted by Crippen LogP contribution is 2.59. The molecule has 0 aromatic heterocycles. The molecule has 2 aliphatic rings. The average Bonchev–Trinajstić information content (AvgIpc) is 2.54. The van der Waals surface area contributed by atoms with Gasteiger partial charge in [0.05, 0.1) is 12.0 Å². The summed E-state index contributed by atoms with van der Waals surface area (Å²) in [5.74, 6) is 1.20. The number of aliphatic hydroxyl groups is 1. The third kappa shape index (κ3) is 2.82. The molecule has 2 bridgehead atoms. The molecule has 2 nitrogen and oxygen atoms in total. The molecule has 0 heterocycles. The van der Waals surface area contributed by atoms with Crippen LogP contribution in [-0.2, 0) is 4.79 Å². The molecule has 22 heavy (non-hydrogen) atoms. The summed E-state index contributed by atoms with van der Waals surface area (Å²) in [6.45, 7) is 14.9. The molecule has 0 aromatic rings. The number of hydrogen-bond donors (Lipinski definition) is 1. The molecule has 1 N–H and O–H groups in total. The summed E-state index contributed by atoms with van der Waals surface area (Å²) in [7, 11) is 0. The van der Waals surface area contributed by atoms with Gasteiger partial charge in [0.2, 0.25) is 0 Å². The van der Waals surface area contributed by atoms with Crippen LogP contribution in [0.4, 0.5) is 0 Å². The van der Waals surface area contributed by atoms with Gasteiger partial charge in [-0.15, -0.1) is 0 Å². The Morgan fingerprint density at radius 3 is 2.64 bits per heavy atom. The molecule has 2 aliphatic carbocycles. The van der Waals surface area contributed by atoms with E-state index in [2.05, 4.69) is 40.3 Å². The number of ketones is 1. The summed E-state index contributed by atoms with van der Waals surface area (Å²) in [6, 6.07) is 0. The van der Waals surface area contributed by atoms with Crippen molar-refractivity contribution < 1.29 is 9.90 Å². The quantitative estimate of drug-likeness (QED) is 0.757. The van der Waals surface area contributed by atoms with E-state index in [0.29, 0.717) is 18.3 Å². The van der Waals surface area contributed by atoms with Crippen molar-refractivity contribution in [2.45, 2.75) is 66.4 Å². The Morgan fingerprint density at radius 2 is 2.09 bits per heavy atom. The summed E-state index contributed by atoms with van der Waals surface area (Å²) in [5.41, 5.74) is 1.96. The molecule has 124 valence electrons. The van der Waals surface area contributed by atoms with Crippen LogP contribution in [0, 0.1) is 29.1 Å². The molecule has 0 unspecified atom stereocenters. The molecule has 5 atom stereocenters. The van der Waals surface area contributed by atoms with Crippen LogP contribution in [0.25, 0.3) is 0 Å². The first kappa shape index (κ1) is 17.5. The summed E-state index contributed by atoms with van der Waals surface area (Å²) in [5, 5.41) is 10.7. The minimum Gasteiger partial charge on any atom is -0.392 e. The monoisotopic (exact) mass is 304 g/mol. The number of carbonyl (C=O) groups is 1. The second kappa shape index (κ2) is 6.31. The SMILES string of the molecule is C=C1[C@H]2[C@@H]([C@H](O)CCC=C(C)C)C(=O)[C@]1(C)CC[C@@H]2C(C)C. The van der Waals surface area contributed by atoms with E-state index < -0.39 is 11.5 Å². The fourth-order valence-corrected chi connectivity index (χ4v) is 4.60. The fraction of sp³-hybridized carbons (Fsp3) is 0.750. The molecule has 0 radical (unpaired) electrons. The topological polar surface area (TPSA) is 37.3 Å². The third-order valence-electron chi connectivity index (χ3n) is 6.07. The highest BCUT2D eigenvalue weighted by molar-refractivity contribution is 5.94. The highest BCUT2D eigenvalue weighted by atomic mass is 16.3. The zero-order valence-corrected chi connectivity index (χ0v) is 14.9. The van der Waals surface area contributed by atoms with Gasteiger partial charge in [-0.25, -0.2) is 0 Å². The molecular weight excluding hydrogens is 272 g/mol. The van der Waals surface area contributed by atoms with Gasteiger partial charge in [-0.3, -0.25) is 4.79 Å². The number of allylic oxidation sites excluding steroid dienone is 3. The molecule has 0 aliphatic heterocycles. The molecule has 0 amide bonds. The standard InChI is InChI=1S/C20H32O2/c1-12(2)8-7-9-16(21)18-17-14(5)20(6,19(18)22)11-10-15(17)13(3)4/h8,13,15-18,21H,5,7,9-11H2,1-4,6H3/t15-,16-,17-,18-,20-/m1/s1. The van der Waals surface area contributed by atoms with E-state index in [-0.39, 0.29) is 17.6 Å². The Labute approximate surface area is 135 Å². The average molecular weight is 304 g/mol. The van der Waals surface area contributed by atoms with Gasteiger partial charge in [0, 0.05) is 5.41 Å². The normalized spacial score (nSPS) is 35.9. The van der Waals surface area contributed by atoms with Crippen molar-refractivity contribution in [3.8, 4) is 0 Å². The molecule has 0 spiro atoms. The second-order valence-electron chi connectivity index (χ2n) is 8.15. The van der Waals surface area contributed by atoms with Crippen LogP contribution < -0.4 is 0 Å². The predicted molar refractivity (Wildman–Crippen MR) is 91.5 cm³/mol. The van der Waals surface area contributed by atoms with Crippen LogP contribution in [0.5, 0.6) is 0 Å². The van der Waals surface area contributed by atoms with Crippen molar-refractivity contribution >= 4 is 5.78 Å². The number of rotatable bonds is 5. The molecule has 0 saturated heterocycles. The van der Waals surface area contributed by atoms with E-state index in [0.717, 1.165) is 24.8 Å². The number of hydrogen-bond acceptors (Lipinski definition) is 2. The zero-order chi connectivity index (χ0) is 16.7. The van der Waals surface area contributed by atoms with Crippen molar-refractivity contribution in [2.24, 2.45) is 29.1 Å². The molecule has 2 fully saturated rings. The lowest BCUT2D eigenvalue weighted by Gasteiger charge is -2.39. The van der Waals surface area contributed by atoms with Gasteiger partial charge in [-0.05, 0) is 64.2 Å². The molecule has 2 saturated carbocycles. The van der Waals surface area contributed by atoms with Gasteiger partial charge in [-0.2, -0.15) is 0 Å². The van der Waals surface area contributed by atoms with E-state index in [4.69, 9.17) is 0 Å². The van der Waals surface area contributed by atoms with Gasteiger partial charge < -0.3 is 5.11 Å². The number of fused-ring (bicyclic) bond motifs is 2. The van der Waals surface area contributed by atoms with Gasteiger partial charge in [0.1, 0.15) is 5.78 Å². The first-order valence-corrected chi connectivity index (χ1v) is 8.75. The minimum absolute atomic E-state index is 0.174. The van der Waals surface area contributed by atoms with Gasteiger partial charge in [-0.1, -0.05) is 37.6 Å². The lowest BCUT2D eigenvalue weighted by atomic mass is 9.65. The number of Topliss-reactive ketones (excluding diaryl/α,β-unsaturated/α-hetero) is 1. The Balaban J connectivity index is 2.23. The van der Waals surface area contributed by atoms with Gasteiger partial charge in [0.15, 0.2) is 0 Å². The smallest absolute Gasteiger partial charge is 0.149 e. The van der Waals surface area contributed by atoms with E-state index in [1.807, 2.05) is 6.92 Å². The van der Waals surface area contributed by atoms with Crippen LogP contribution in [0.1, 0.15) is 60.3 Å². The van der Waals surface area contributed by atoms with E-state index >= 15 is 0 Å². The molecule has 0 aromatic carbocycles. The second-order valence-corrected chi connectivity index (χ2v) is 8.15. The Kier molecular flexibility index (Phi) is 5.01. The lowest BCUT2D eigenvalue weighted by Crippen LogP contribution is -2.34. The van der Waals surface area contributed by atoms with Gasteiger partial charge in [0.25, 0.3) is 0 Å². The maximum atomic E-state index is 13.0. The van der Waals surface area contributed by atoms with Gasteiger partial charge >= 0.3 is 0 Å². The van der Waals surface area contributed by atoms with E-state index in [1.165, 1.54) is 5.57 Å². The van der Waals surface area contributed by atoms with Crippen LogP contribution in [0.15, 0.2) is 23.8 Å². The fourth-order valence-electron chi connectivity index (χ4n) is 4.60. The van der Waals surface area contributed by atoms with Crippen LogP contribution in [-0.4, -0.2) is 17.0 Å². The summed E-state index contributed by atoms with van der Waals surface area (Å²) in [4.78, 5) is 13.0. The van der Waals surface area contributed by atoms with Crippen molar-refractivity contribution in [1.82, 2.24) is 0 Å². The zero-order valence-electron chi connectivity index (χ0n) is 14.9. The third-order valence-corrected chi connectivity index (χ3v) is 6.07. The highest BCUT2D eigenvalue weighted by Gasteiger charge is 2.59. The van der Waals surface area contributed by atoms with Crippen molar-refractivity contribution in [3.05, 3.63) is 23.8 Å². The Morgan fingerprint density at radius 1 is 1.45 bits per heavy atom. The molecule has 2 heteroatoms. The van der Waals surface area contributed by atoms with Crippen molar-refractivity contribution in [1.29, 1.82) is 0 Å². The first-order chi connectivity index (χ1) is 10.2. The number of aliphatic hydroxyl groups excluding tert-OH is 1. The first-order valence-electron chi connectivity index (χ1n) is 8.75. The van der Waals surface area contributed by atoms with Crippen molar-refractivity contribution in [3.63, 3.8) is 0 Å². The molecular formula is C20H32O2. The maximum absolute atomic E-state index is 13.0. The lowest BCUT2D eigenvalue weighted by molar-refractivity contribution is -0.131. The van der Waals surface area contributed by atoms with Crippen molar-refractivity contribution in [2.75, 3.05) is 0 Å². The maximum Gasteiger partial charge on any atom is 0.149 e. The largest absolute Gasteiger partial charge is 0.392 e. The van der Waals surface area contributed by atoms with Crippen LogP contribution in [0.3, 0.4) is 0 Å². The van der Waals surface area contributed by atoms with E-state index in [1.54, 1.807) is 0 Å².